The van der Waals surface area contributed by atoms with Gasteiger partial charge in [0.2, 0.25) is 17.2 Å². The fraction of sp³-hybridized carbons (Fsp3) is 0.500. The third-order valence-corrected chi connectivity index (χ3v) is 4.97. The number of fused-ring (bicyclic) bond motifs is 1. The lowest BCUT2D eigenvalue weighted by molar-refractivity contribution is -0.140. The quantitative estimate of drug-likeness (QED) is 0.799. The van der Waals surface area contributed by atoms with Gasteiger partial charge in [-0.25, -0.2) is 0 Å². The first kappa shape index (κ1) is 19.1. The zero-order valence-corrected chi connectivity index (χ0v) is 15.9. The molecule has 1 aromatic carbocycles. The van der Waals surface area contributed by atoms with E-state index in [0.717, 1.165) is 6.42 Å². The van der Waals surface area contributed by atoms with Crippen molar-refractivity contribution in [2.75, 3.05) is 26.2 Å². The Kier molecular flexibility index (Phi) is 5.88. The molecule has 2 aromatic rings. The van der Waals surface area contributed by atoms with Crippen molar-refractivity contribution in [1.29, 1.82) is 0 Å². The topological polar surface area (TPSA) is 75.5 Å². The summed E-state index contributed by atoms with van der Waals surface area (Å²) >= 11 is 0. The smallest absolute Gasteiger partial charge is 0.244 e. The van der Waals surface area contributed by atoms with Crippen molar-refractivity contribution in [3.63, 3.8) is 0 Å². The van der Waals surface area contributed by atoms with Gasteiger partial charge >= 0.3 is 0 Å². The number of para-hydroxylation sites is 1. The number of nitrogens with zero attached hydrogens (tertiary/aromatic N) is 4. The molecule has 1 aliphatic heterocycles. The third kappa shape index (κ3) is 4.53. The van der Waals surface area contributed by atoms with Crippen LogP contribution in [0.15, 0.2) is 35.3 Å². The first-order valence-corrected chi connectivity index (χ1v) is 9.46. The van der Waals surface area contributed by atoms with Gasteiger partial charge < -0.3 is 9.80 Å². The maximum Gasteiger partial charge on any atom is 0.244 e. The highest BCUT2D eigenvalue weighted by molar-refractivity contribution is 5.82. The Morgan fingerprint density at radius 1 is 1.04 bits per heavy atom. The SMILES string of the molecule is CC(C)CCC(=O)N1CCN(C(=O)Cn2ncc(=O)c3ccccc32)CC1. The monoisotopic (exact) mass is 370 g/mol. The van der Waals surface area contributed by atoms with Crippen LogP contribution in [0, 0.1) is 5.92 Å². The summed E-state index contributed by atoms with van der Waals surface area (Å²) < 4.78 is 1.57. The first-order valence-electron chi connectivity index (χ1n) is 9.46. The second-order valence-corrected chi connectivity index (χ2v) is 7.38. The van der Waals surface area contributed by atoms with Crippen molar-refractivity contribution in [2.24, 2.45) is 5.92 Å². The molecule has 2 heterocycles. The molecule has 3 rings (SSSR count). The summed E-state index contributed by atoms with van der Waals surface area (Å²) in [6.45, 7) is 6.51. The van der Waals surface area contributed by atoms with Crippen LogP contribution in [0.25, 0.3) is 10.9 Å². The summed E-state index contributed by atoms with van der Waals surface area (Å²) in [5, 5.41) is 4.67. The zero-order chi connectivity index (χ0) is 19.4. The molecular formula is C20H26N4O3. The van der Waals surface area contributed by atoms with Gasteiger partial charge in [0, 0.05) is 38.0 Å². The second-order valence-electron chi connectivity index (χ2n) is 7.38. The van der Waals surface area contributed by atoms with Crippen molar-refractivity contribution in [1.82, 2.24) is 19.6 Å². The van der Waals surface area contributed by atoms with Crippen molar-refractivity contribution in [3.05, 3.63) is 40.7 Å². The van der Waals surface area contributed by atoms with Crippen LogP contribution in [0.2, 0.25) is 0 Å². The summed E-state index contributed by atoms with van der Waals surface area (Å²) in [5.74, 6) is 0.631. The van der Waals surface area contributed by atoms with Crippen LogP contribution in [-0.2, 0) is 16.1 Å². The van der Waals surface area contributed by atoms with Crippen molar-refractivity contribution in [3.8, 4) is 0 Å². The predicted molar refractivity (Wildman–Crippen MR) is 103 cm³/mol. The van der Waals surface area contributed by atoms with E-state index in [1.165, 1.54) is 6.20 Å². The van der Waals surface area contributed by atoms with Crippen molar-refractivity contribution in [2.45, 2.75) is 33.2 Å². The lowest BCUT2D eigenvalue weighted by atomic mass is 10.1. The lowest BCUT2D eigenvalue weighted by Crippen LogP contribution is -2.51. The molecule has 0 spiro atoms. The van der Waals surface area contributed by atoms with E-state index in [2.05, 4.69) is 18.9 Å². The number of hydrogen-bond acceptors (Lipinski definition) is 4. The molecule has 0 saturated carbocycles. The van der Waals surface area contributed by atoms with Gasteiger partial charge in [0.05, 0.1) is 11.7 Å². The molecule has 0 atom stereocenters. The normalized spacial score (nSPS) is 14.8. The molecule has 144 valence electrons. The Labute approximate surface area is 158 Å². The summed E-state index contributed by atoms with van der Waals surface area (Å²) in [5.41, 5.74) is 0.503. The predicted octanol–water partition coefficient (Wildman–Crippen LogP) is 1.50. The average Bonchev–Trinajstić information content (AvgIpc) is 2.68. The lowest BCUT2D eigenvalue weighted by Gasteiger charge is -2.35. The third-order valence-electron chi connectivity index (χ3n) is 4.97. The zero-order valence-electron chi connectivity index (χ0n) is 15.9. The number of hydrogen-bond donors (Lipinski definition) is 0. The highest BCUT2D eigenvalue weighted by Crippen LogP contribution is 2.11. The Bertz CT molecular complexity index is 882. The molecular weight excluding hydrogens is 344 g/mol. The molecule has 2 amide bonds. The van der Waals surface area contributed by atoms with Gasteiger partial charge in [0.15, 0.2) is 0 Å². The van der Waals surface area contributed by atoms with Gasteiger partial charge in [0.1, 0.15) is 6.54 Å². The summed E-state index contributed by atoms with van der Waals surface area (Å²) in [6.07, 6.45) is 2.71. The van der Waals surface area contributed by atoms with E-state index in [1.807, 2.05) is 11.0 Å². The Morgan fingerprint density at radius 2 is 1.67 bits per heavy atom. The fourth-order valence-electron chi connectivity index (χ4n) is 3.29. The number of benzene rings is 1. The Balaban J connectivity index is 1.60. The number of carbonyl (C=O) groups excluding carboxylic acids is 2. The minimum Gasteiger partial charge on any atom is -0.339 e. The second kappa shape index (κ2) is 8.33. The van der Waals surface area contributed by atoms with Gasteiger partial charge in [-0.05, 0) is 24.5 Å². The summed E-state index contributed by atoms with van der Waals surface area (Å²) in [7, 11) is 0. The number of aromatic nitrogens is 2. The first-order chi connectivity index (χ1) is 13.0. The number of amides is 2. The molecule has 1 fully saturated rings. The molecule has 7 heteroatoms. The molecule has 1 aromatic heterocycles. The Hall–Kier alpha value is -2.70. The standard InChI is InChI=1S/C20H26N4O3/c1-15(2)7-8-19(26)22-9-11-23(12-10-22)20(27)14-24-17-6-4-3-5-16(17)18(25)13-21-24/h3-6,13,15H,7-12,14H2,1-2H3. The van der Waals surface area contributed by atoms with E-state index in [4.69, 9.17) is 0 Å². The number of piperazine rings is 1. The van der Waals surface area contributed by atoms with Crippen LogP contribution in [0.3, 0.4) is 0 Å². The minimum absolute atomic E-state index is 0.0504. The Morgan fingerprint density at radius 3 is 2.33 bits per heavy atom. The van der Waals surface area contributed by atoms with Crippen LogP contribution in [0.1, 0.15) is 26.7 Å². The molecule has 0 bridgehead atoms. The number of carbonyl (C=O) groups is 2. The van der Waals surface area contributed by atoms with Crippen LogP contribution in [-0.4, -0.2) is 57.6 Å². The summed E-state index contributed by atoms with van der Waals surface area (Å²) in [4.78, 5) is 40.4. The maximum atomic E-state index is 12.7. The van der Waals surface area contributed by atoms with Gasteiger partial charge in [-0.15, -0.1) is 0 Å². The largest absolute Gasteiger partial charge is 0.339 e. The minimum atomic E-state index is -0.150. The number of rotatable bonds is 5. The van der Waals surface area contributed by atoms with Crippen molar-refractivity contribution < 1.29 is 9.59 Å². The van der Waals surface area contributed by atoms with Gasteiger partial charge in [-0.2, -0.15) is 5.10 Å². The molecule has 7 nitrogen and oxygen atoms in total. The van der Waals surface area contributed by atoms with Crippen LogP contribution < -0.4 is 5.43 Å². The fourth-order valence-corrected chi connectivity index (χ4v) is 3.29. The van der Waals surface area contributed by atoms with E-state index in [1.54, 1.807) is 27.8 Å². The average molecular weight is 370 g/mol. The molecule has 0 aliphatic carbocycles. The molecule has 1 saturated heterocycles. The van der Waals surface area contributed by atoms with E-state index in [-0.39, 0.29) is 23.8 Å². The van der Waals surface area contributed by atoms with Crippen LogP contribution >= 0.6 is 0 Å². The molecule has 0 unspecified atom stereocenters. The van der Waals surface area contributed by atoms with Crippen LogP contribution in [0.5, 0.6) is 0 Å². The van der Waals surface area contributed by atoms with Crippen LogP contribution in [0.4, 0.5) is 0 Å². The maximum absolute atomic E-state index is 12.7. The highest BCUT2D eigenvalue weighted by atomic mass is 16.2. The van der Waals surface area contributed by atoms with E-state index < -0.39 is 0 Å². The van der Waals surface area contributed by atoms with Gasteiger partial charge in [0.25, 0.3) is 0 Å². The molecule has 0 N–H and O–H groups in total. The van der Waals surface area contributed by atoms with E-state index >= 15 is 0 Å². The summed E-state index contributed by atoms with van der Waals surface area (Å²) in [6, 6.07) is 7.15. The van der Waals surface area contributed by atoms with Crippen molar-refractivity contribution >= 4 is 22.7 Å². The van der Waals surface area contributed by atoms with Gasteiger partial charge in [-0.1, -0.05) is 26.0 Å². The highest BCUT2D eigenvalue weighted by Gasteiger charge is 2.24. The molecule has 27 heavy (non-hydrogen) atoms. The van der Waals surface area contributed by atoms with E-state index in [9.17, 15) is 14.4 Å². The molecule has 1 aliphatic rings. The van der Waals surface area contributed by atoms with E-state index in [0.29, 0.717) is 49.4 Å². The molecule has 0 radical (unpaired) electrons. The van der Waals surface area contributed by atoms with Gasteiger partial charge in [-0.3, -0.25) is 19.1 Å².